The van der Waals surface area contributed by atoms with Gasteiger partial charge in [-0.1, -0.05) is 65.7 Å². The second-order valence-corrected chi connectivity index (χ2v) is 6.64. The fourth-order valence-corrected chi connectivity index (χ4v) is 3.01. The standard InChI is InChI=1S/C20H17Cl2NO/c1-13(16-8-7-15-4-2-3-5-17(15)12-16)23-20(24)11-14-6-9-18(21)19(22)10-14/h2-10,12-13H,11H2,1H3,(H,23,24)/t13-/m1/s1. The Morgan fingerprint density at radius 2 is 1.71 bits per heavy atom. The van der Waals surface area contributed by atoms with Gasteiger partial charge in [0.15, 0.2) is 0 Å². The van der Waals surface area contributed by atoms with Crippen LogP contribution in [0.2, 0.25) is 10.0 Å². The molecule has 0 bridgehead atoms. The Kier molecular flexibility index (Phi) is 5.08. The molecule has 1 amide bonds. The van der Waals surface area contributed by atoms with Gasteiger partial charge in [-0.2, -0.15) is 0 Å². The summed E-state index contributed by atoms with van der Waals surface area (Å²) in [7, 11) is 0. The Labute approximate surface area is 151 Å². The van der Waals surface area contributed by atoms with Crippen molar-refractivity contribution in [1.82, 2.24) is 5.32 Å². The molecule has 0 radical (unpaired) electrons. The molecule has 0 aliphatic rings. The summed E-state index contributed by atoms with van der Waals surface area (Å²) in [5, 5.41) is 6.34. The van der Waals surface area contributed by atoms with Crippen LogP contribution in [0.4, 0.5) is 0 Å². The quantitative estimate of drug-likeness (QED) is 0.649. The normalized spacial score (nSPS) is 12.1. The van der Waals surface area contributed by atoms with E-state index < -0.39 is 0 Å². The highest BCUT2D eigenvalue weighted by Gasteiger charge is 2.11. The van der Waals surface area contributed by atoms with E-state index in [4.69, 9.17) is 23.2 Å². The van der Waals surface area contributed by atoms with Crippen LogP contribution in [-0.2, 0) is 11.2 Å². The minimum Gasteiger partial charge on any atom is -0.349 e. The molecule has 0 saturated heterocycles. The van der Waals surface area contributed by atoms with Crippen molar-refractivity contribution >= 4 is 39.9 Å². The Morgan fingerprint density at radius 1 is 0.958 bits per heavy atom. The van der Waals surface area contributed by atoms with E-state index >= 15 is 0 Å². The van der Waals surface area contributed by atoms with E-state index in [2.05, 4.69) is 29.6 Å². The third kappa shape index (κ3) is 3.89. The average Bonchev–Trinajstić information content (AvgIpc) is 2.57. The molecule has 0 aromatic heterocycles. The summed E-state index contributed by atoms with van der Waals surface area (Å²) < 4.78 is 0. The van der Waals surface area contributed by atoms with Crippen LogP contribution >= 0.6 is 23.2 Å². The molecule has 0 aliphatic carbocycles. The van der Waals surface area contributed by atoms with Crippen LogP contribution in [0.5, 0.6) is 0 Å². The van der Waals surface area contributed by atoms with Gasteiger partial charge in [-0.25, -0.2) is 0 Å². The highest BCUT2D eigenvalue weighted by molar-refractivity contribution is 6.42. The predicted octanol–water partition coefficient (Wildman–Crippen LogP) is 5.57. The second kappa shape index (κ2) is 7.25. The van der Waals surface area contributed by atoms with Gasteiger partial charge in [0.25, 0.3) is 0 Å². The molecule has 1 N–H and O–H groups in total. The molecule has 2 nitrogen and oxygen atoms in total. The van der Waals surface area contributed by atoms with Crippen molar-refractivity contribution in [2.24, 2.45) is 0 Å². The summed E-state index contributed by atoms with van der Waals surface area (Å²) in [6.45, 7) is 1.98. The monoisotopic (exact) mass is 357 g/mol. The molecule has 0 aliphatic heterocycles. The molecule has 0 saturated carbocycles. The van der Waals surface area contributed by atoms with Crippen molar-refractivity contribution in [3.8, 4) is 0 Å². The fourth-order valence-electron chi connectivity index (χ4n) is 2.69. The van der Waals surface area contributed by atoms with Gasteiger partial charge >= 0.3 is 0 Å². The number of benzene rings is 3. The summed E-state index contributed by atoms with van der Waals surface area (Å²) >= 11 is 11.9. The van der Waals surface area contributed by atoms with E-state index in [9.17, 15) is 4.79 Å². The van der Waals surface area contributed by atoms with Crippen molar-refractivity contribution in [2.75, 3.05) is 0 Å². The first-order valence-electron chi connectivity index (χ1n) is 7.75. The number of carbonyl (C=O) groups is 1. The summed E-state index contributed by atoms with van der Waals surface area (Å²) in [5.41, 5.74) is 1.92. The van der Waals surface area contributed by atoms with Crippen LogP contribution in [0.3, 0.4) is 0 Å². The number of hydrogen-bond donors (Lipinski definition) is 1. The maximum absolute atomic E-state index is 12.3. The van der Waals surface area contributed by atoms with Gasteiger partial charge in [0.2, 0.25) is 5.91 Å². The summed E-state index contributed by atoms with van der Waals surface area (Å²) in [6, 6.07) is 19.6. The molecule has 3 rings (SSSR count). The van der Waals surface area contributed by atoms with Crippen molar-refractivity contribution in [1.29, 1.82) is 0 Å². The zero-order chi connectivity index (χ0) is 17.1. The molecular formula is C20H17Cl2NO. The zero-order valence-electron chi connectivity index (χ0n) is 13.2. The van der Waals surface area contributed by atoms with Gasteiger partial charge in [-0.05, 0) is 47.0 Å². The van der Waals surface area contributed by atoms with Crippen LogP contribution in [0.15, 0.2) is 60.7 Å². The zero-order valence-corrected chi connectivity index (χ0v) is 14.7. The second-order valence-electron chi connectivity index (χ2n) is 5.82. The first-order chi connectivity index (χ1) is 11.5. The highest BCUT2D eigenvalue weighted by Crippen LogP contribution is 2.23. The SMILES string of the molecule is C[C@@H](NC(=O)Cc1ccc(Cl)c(Cl)c1)c1ccc2ccccc2c1. The van der Waals surface area contributed by atoms with E-state index in [0.29, 0.717) is 10.0 Å². The van der Waals surface area contributed by atoms with Gasteiger partial charge < -0.3 is 5.32 Å². The van der Waals surface area contributed by atoms with Crippen molar-refractivity contribution in [2.45, 2.75) is 19.4 Å². The van der Waals surface area contributed by atoms with Gasteiger partial charge in [0, 0.05) is 0 Å². The van der Waals surface area contributed by atoms with Crippen molar-refractivity contribution in [3.05, 3.63) is 81.8 Å². The van der Waals surface area contributed by atoms with Crippen LogP contribution in [-0.4, -0.2) is 5.91 Å². The van der Waals surface area contributed by atoms with E-state index in [1.54, 1.807) is 12.1 Å². The third-order valence-electron chi connectivity index (χ3n) is 4.00. The van der Waals surface area contributed by atoms with Gasteiger partial charge in [0.1, 0.15) is 0 Å². The molecule has 0 spiro atoms. The number of halogens is 2. The lowest BCUT2D eigenvalue weighted by atomic mass is 10.0. The summed E-state index contributed by atoms with van der Waals surface area (Å²) in [5.74, 6) is -0.0472. The minimum atomic E-state index is -0.0649. The highest BCUT2D eigenvalue weighted by atomic mass is 35.5. The number of rotatable bonds is 4. The minimum absolute atomic E-state index is 0.0472. The van der Waals surface area contributed by atoms with Crippen LogP contribution in [0.1, 0.15) is 24.1 Å². The molecule has 1 atom stereocenters. The van der Waals surface area contributed by atoms with Gasteiger partial charge in [-0.15, -0.1) is 0 Å². The average molecular weight is 358 g/mol. The molecule has 4 heteroatoms. The Bertz CT molecular complexity index is 892. The lowest BCUT2D eigenvalue weighted by molar-refractivity contribution is -0.121. The third-order valence-corrected chi connectivity index (χ3v) is 4.74. The van der Waals surface area contributed by atoms with E-state index in [1.807, 2.05) is 31.2 Å². The number of fused-ring (bicyclic) bond motifs is 1. The molecule has 3 aromatic carbocycles. The van der Waals surface area contributed by atoms with Crippen LogP contribution in [0.25, 0.3) is 10.8 Å². The lowest BCUT2D eigenvalue weighted by Crippen LogP contribution is -2.28. The first-order valence-corrected chi connectivity index (χ1v) is 8.50. The number of amides is 1. The number of nitrogens with one attached hydrogen (secondary N) is 1. The Balaban J connectivity index is 1.69. The molecule has 0 unspecified atom stereocenters. The van der Waals surface area contributed by atoms with Crippen molar-refractivity contribution in [3.63, 3.8) is 0 Å². The molecule has 0 fully saturated rings. The van der Waals surface area contributed by atoms with Crippen molar-refractivity contribution < 1.29 is 4.79 Å². The molecule has 0 heterocycles. The van der Waals surface area contributed by atoms with Gasteiger partial charge in [0.05, 0.1) is 22.5 Å². The van der Waals surface area contributed by atoms with Crippen LogP contribution < -0.4 is 5.32 Å². The largest absolute Gasteiger partial charge is 0.349 e. The predicted molar refractivity (Wildman–Crippen MR) is 101 cm³/mol. The molecule has 24 heavy (non-hydrogen) atoms. The number of hydrogen-bond acceptors (Lipinski definition) is 1. The Hall–Kier alpha value is -2.03. The van der Waals surface area contributed by atoms with Crippen LogP contribution in [0, 0.1) is 0 Å². The topological polar surface area (TPSA) is 29.1 Å². The maximum Gasteiger partial charge on any atom is 0.224 e. The number of carbonyl (C=O) groups excluding carboxylic acids is 1. The van der Waals surface area contributed by atoms with Gasteiger partial charge in [-0.3, -0.25) is 4.79 Å². The lowest BCUT2D eigenvalue weighted by Gasteiger charge is -2.15. The summed E-state index contributed by atoms with van der Waals surface area (Å²) in [6.07, 6.45) is 0.273. The molecule has 3 aromatic rings. The fraction of sp³-hybridized carbons (Fsp3) is 0.150. The van der Waals surface area contributed by atoms with E-state index in [0.717, 1.165) is 11.1 Å². The molecule has 122 valence electrons. The van der Waals surface area contributed by atoms with E-state index in [-0.39, 0.29) is 18.4 Å². The Morgan fingerprint density at radius 3 is 2.46 bits per heavy atom. The van der Waals surface area contributed by atoms with E-state index in [1.165, 1.54) is 10.8 Å². The smallest absolute Gasteiger partial charge is 0.224 e. The summed E-state index contributed by atoms with van der Waals surface area (Å²) in [4.78, 5) is 12.3. The molecular weight excluding hydrogens is 341 g/mol. The maximum atomic E-state index is 12.3. The first kappa shape index (κ1) is 16.8.